The fourth-order valence-electron chi connectivity index (χ4n) is 1.52. The van der Waals surface area contributed by atoms with E-state index in [4.69, 9.17) is 9.47 Å². The van der Waals surface area contributed by atoms with Crippen LogP contribution in [-0.2, 0) is 19.0 Å². The summed E-state index contributed by atoms with van der Waals surface area (Å²) in [5.74, 6) is -1.32. The van der Waals surface area contributed by atoms with Crippen molar-refractivity contribution in [2.24, 2.45) is 0 Å². The summed E-state index contributed by atoms with van der Waals surface area (Å²) in [5.41, 5.74) is 0. The van der Waals surface area contributed by atoms with E-state index in [9.17, 15) is 4.79 Å². The van der Waals surface area contributed by atoms with Gasteiger partial charge in [0.1, 0.15) is 12.2 Å². The molecule has 0 aromatic heterocycles. The largest absolute Gasteiger partial charge is 0.469 e. The molecular weight excluding hydrogens is 196 g/mol. The third-order valence-corrected chi connectivity index (χ3v) is 2.25. The van der Waals surface area contributed by atoms with Crippen molar-refractivity contribution in [1.29, 1.82) is 0 Å². The van der Waals surface area contributed by atoms with E-state index in [1.165, 1.54) is 7.11 Å². The van der Waals surface area contributed by atoms with Crippen molar-refractivity contribution in [1.82, 2.24) is 0 Å². The van der Waals surface area contributed by atoms with Crippen LogP contribution in [0.2, 0.25) is 0 Å². The topological polar surface area (TPSA) is 44.8 Å². The fraction of sp³-hybridized carbons (Fsp3) is 0.545. The van der Waals surface area contributed by atoms with Crippen LogP contribution in [0.25, 0.3) is 0 Å². The van der Waals surface area contributed by atoms with E-state index in [0.29, 0.717) is 0 Å². The fourth-order valence-corrected chi connectivity index (χ4v) is 1.52. The maximum absolute atomic E-state index is 11.1. The van der Waals surface area contributed by atoms with E-state index in [1.807, 2.05) is 0 Å². The molecule has 0 spiro atoms. The molecule has 1 heterocycles. The average Bonchev–Trinajstić information content (AvgIpc) is 2.54. The monoisotopic (exact) mass is 212 g/mol. The van der Waals surface area contributed by atoms with Gasteiger partial charge in [0.25, 0.3) is 0 Å². The van der Waals surface area contributed by atoms with Crippen molar-refractivity contribution in [2.45, 2.75) is 31.3 Å². The average molecular weight is 212 g/mol. The molecule has 1 aliphatic rings. The Hall–Kier alpha value is -1.13. The van der Waals surface area contributed by atoms with E-state index in [2.05, 4.69) is 17.9 Å². The molecular formula is C11H16O4. The smallest absolute Gasteiger partial charge is 0.310 e. The zero-order valence-electron chi connectivity index (χ0n) is 9.06. The van der Waals surface area contributed by atoms with Gasteiger partial charge in [-0.05, 0) is 6.92 Å². The first-order valence-electron chi connectivity index (χ1n) is 4.72. The summed E-state index contributed by atoms with van der Waals surface area (Å²) in [5, 5.41) is 0. The highest BCUT2D eigenvalue weighted by atomic mass is 16.8. The second-order valence-corrected chi connectivity index (χ2v) is 3.52. The van der Waals surface area contributed by atoms with Gasteiger partial charge in [0.15, 0.2) is 5.79 Å². The summed E-state index contributed by atoms with van der Waals surface area (Å²) < 4.78 is 15.7. The highest BCUT2D eigenvalue weighted by Gasteiger charge is 2.43. The molecule has 0 unspecified atom stereocenters. The Morgan fingerprint density at radius 3 is 2.20 bits per heavy atom. The van der Waals surface area contributed by atoms with Crippen molar-refractivity contribution in [3.8, 4) is 0 Å². The van der Waals surface area contributed by atoms with Crippen molar-refractivity contribution in [3.63, 3.8) is 0 Å². The molecule has 0 aromatic rings. The number of ether oxygens (including phenoxy) is 3. The van der Waals surface area contributed by atoms with Gasteiger partial charge >= 0.3 is 5.97 Å². The van der Waals surface area contributed by atoms with Crippen LogP contribution >= 0.6 is 0 Å². The molecule has 0 amide bonds. The summed E-state index contributed by atoms with van der Waals surface area (Å²) >= 11 is 0. The molecule has 0 aromatic carbocycles. The summed E-state index contributed by atoms with van der Waals surface area (Å²) in [6.45, 7) is 8.97. The van der Waals surface area contributed by atoms with E-state index < -0.39 is 5.79 Å². The number of hydrogen-bond donors (Lipinski definition) is 0. The molecule has 1 saturated heterocycles. The standard InChI is InChI=1S/C11H16O4/c1-5-8-9(6-2)15-11(3,14-8)7-10(12)13-4/h5-6,8-9H,1-2,7H2,3-4H3/t8-,9-/m0/s1. The Morgan fingerprint density at radius 2 is 1.87 bits per heavy atom. The lowest BCUT2D eigenvalue weighted by atomic mass is 10.2. The Bertz CT molecular complexity index is 256. The Morgan fingerprint density at radius 1 is 1.40 bits per heavy atom. The SMILES string of the molecule is C=C[C@@H]1OC(C)(CC(=O)OC)O[C@H]1C=C. The lowest BCUT2D eigenvalue weighted by Gasteiger charge is -2.21. The number of methoxy groups -OCH3 is 1. The molecule has 4 heteroatoms. The van der Waals surface area contributed by atoms with Gasteiger partial charge < -0.3 is 14.2 Å². The van der Waals surface area contributed by atoms with E-state index >= 15 is 0 Å². The van der Waals surface area contributed by atoms with Gasteiger partial charge in [-0.25, -0.2) is 0 Å². The summed E-state index contributed by atoms with van der Waals surface area (Å²) in [4.78, 5) is 11.1. The van der Waals surface area contributed by atoms with Gasteiger partial charge in [-0.1, -0.05) is 12.2 Å². The molecule has 1 fully saturated rings. The van der Waals surface area contributed by atoms with Crippen molar-refractivity contribution < 1.29 is 19.0 Å². The predicted molar refractivity (Wildman–Crippen MR) is 55.2 cm³/mol. The zero-order chi connectivity index (χ0) is 11.5. The first-order valence-corrected chi connectivity index (χ1v) is 4.72. The minimum Gasteiger partial charge on any atom is -0.469 e. The molecule has 0 N–H and O–H groups in total. The van der Waals surface area contributed by atoms with Gasteiger partial charge in [0, 0.05) is 0 Å². The molecule has 0 saturated carbocycles. The molecule has 15 heavy (non-hydrogen) atoms. The number of carbonyl (C=O) groups excluding carboxylic acids is 1. The normalized spacial score (nSPS) is 28.4. The predicted octanol–water partition coefficient (Wildman–Crippen LogP) is 1.42. The van der Waals surface area contributed by atoms with Gasteiger partial charge in [-0.2, -0.15) is 0 Å². The number of carbonyl (C=O) groups is 1. The number of rotatable bonds is 4. The molecule has 2 atom stereocenters. The van der Waals surface area contributed by atoms with Crippen molar-refractivity contribution >= 4 is 5.97 Å². The minimum absolute atomic E-state index is 0.0537. The molecule has 0 radical (unpaired) electrons. The van der Waals surface area contributed by atoms with E-state index in [0.717, 1.165) is 0 Å². The highest BCUT2D eigenvalue weighted by Crippen LogP contribution is 2.32. The maximum Gasteiger partial charge on any atom is 0.310 e. The lowest BCUT2D eigenvalue weighted by molar-refractivity contribution is -0.178. The van der Waals surface area contributed by atoms with Gasteiger partial charge in [-0.3, -0.25) is 4.79 Å². The van der Waals surface area contributed by atoms with Crippen LogP contribution < -0.4 is 0 Å². The minimum atomic E-state index is -0.954. The quantitative estimate of drug-likeness (QED) is 0.522. The molecule has 1 aliphatic heterocycles. The van der Waals surface area contributed by atoms with E-state index in [-0.39, 0.29) is 24.6 Å². The lowest BCUT2D eigenvalue weighted by Crippen LogP contribution is -2.30. The first-order chi connectivity index (χ1) is 7.04. The van der Waals surface area contributed by atoms with Gasteiger partial charge in [0.2, 0.25) is 0 Å². The molecule has 1 rings (SSSR count). The first kappa shape index (κ1) is 11.9. The van der Waals surface area contributed by atoms with Crippen molar-refractivity contribution in [3.05, 3.63) is 25.3 Å². The number of hydrogen-bond acceptors (Lipinski definition) is 4. The molecule has 4 nitrogen and oxygen atoms in total. The van der Waals surface area contributed by atoms with Crippen molar-refractivity contribution in [2.75, 3.05) is 7.11 Å². The van der Waals surface area contributed by atoms with Crippen LogP contribution in [-0.4, -0.2) is 31.1 Å². The highest BCUT2D eigenvalue weighted by molar-refractivity contribution is 5.70. The van der Waals surface area contributed by atoms with Crippen LogP contribution in [0, 0.1) is 0 Å². The summed E-state index contributed by atoms with van der Waals surface area (Å²) in [6.07, 6.45) is 2.79. The Kier molecular flexibility index (Phi) is 3.66. The third-order valence-electron chi connectivity index (χ3n) is 2.25. The van der Waals surface area contributed by atoms with Crippen LogP contribution in [0.4, 0.5) is 0 Å². The second kappa shape index (κ2) is 4.59. The molecule has 84 valence electrons. The summed E-state index contributed by atoms with van der Waals surface area (Å²) in [6, 6.07) is 0. The van der Waals surface area contributed by atoms with Crippen LogP contribution in [0.5, 0.6) is 0 Å². The van der Waals surface area contributed by atoms with Gasteiger partial charge in [-0.15, -0.1) is 13.2 Å². The van der Waals surface area contributed by atoms with Crippen LogP contribution in [0.15, 0.2) is 25.3 Å². The molecule has 0 bridgehead atoms. The number of esters is 1. The van der Waals surface area contributed by atoms with Gasteiger partial charge in [0.05, 0.1) is 13.5 Å². The zero-order valence-corrected chi connectivity index (χ0v) is 9.06. The Balaban J connectivity index is 2.68. The maximum atomic E-state index is 11.1. The third kappa shape index (κ3) is 2.67. The Labute approximate surface area is 89.5 Å². The second-order valence-electron chi connectivity index (χ2n) is 3.52. The summed E-state index contributed by atoms with van der Waals surface area (Å²) in [7, 11) is 1.33. The van der Waals surface area contributed by atoms with Crippen LogP contribution in [0.1, 0.15) is 13.3 Å². The van der Waals surface area contributed by atoms with E-state index in [1.54, 1.807) is 19.1 Å². The molecule has 0 aliphatic carbocycles. The van der Waals surface area contributed by atoms with Crippen LogP contribution in [0.3, 0.4) is 0 Å².